The fraction of sp³-hybridized carbons (Fsp3) is 0.379. The van der Waals surface area contributed by atoms with E-state index in [1.165, 1.54) is 0 Å². The van der Waals surface area contributed by atoms with E-state index in [4.69, 9.17) is 28.9 Å². The van der Waals surface area contributed by atoms with Gasteiger partial charge in [-0.25, -0.2) is 9.97 Å². The normalized spacial score (nSPS) is 14.8. The molecule has 0 radical (unpaired) electrons. The number of rotatable bonds is 10. The van der Waals surface area contributed by atoms with Gasteiger partial charge >= 0.3 is 0 Å². The van der Waals surface area contributed by atoms with Gasteiger partial charge in [-0.3, -0.25) is 0 Å². The van der Waals surface area contributed by atoms with Gasteiger partial charge in [0.05, 0.1) is 27.4 Å². The van der Waals surface area contributed by atoms with Crippen molar-refractivity contribution in [2.75, 3.05) is 44.7 Å². The summed E-state index contributed by atoms with van der Waals surface area (Å²) in [6.07, 6.45) is 5.38. The number of ether oxygens (including phenoxy) is 4. The standard InChI is InChI=1S/C29H34N6O4/c1-18-8-9-19(2)22(13-18)32-28-25-27(31-11-10-30-25)33-29(34-28)35(17-21-7-6-12-39-21)16-20-14-23(36-3)26(38-5)24(15-20)37-4/h8-11,13-15,21H,6-7,12,16-17H2,1-5H3,(H,31,32,33,34)/t21-/m0/s1. The van der Waals surface area contributed by atoms with E-state index in [1.54, 1.807) is 33.7 Å². The number of methoxy groups -OCH3 is 3. The fourth-order valence-electron chi connectivity index (χ4n) is 4.78. The number of aromatic nitrogens is 4. The molecule has 0 amide bonds. The third kappa shape index (κ3) is 5.80. The molecule has 3 heterocycles. The van der Waals surface area contributed by atoms with E-state index in [2.05, 4.69) is 52.2 Å². The van der Waals surface area contributed by atoms with Crippen LogP contribution >= 0.6 is 0 Å². The number of benzene rings is 2. The largest absolute Gasteiger partial charge is 0.493 e. The first-order valence-corrected chi connectivity index (χ1v) is 13.0. The Balaban J connectivity index is 1.58. The highest BCUT2D eigenvalue weighted by Crippen LogP contribution is 2.39. The average molecular weight is 531 g/mol. The highest BCUT2D eigenvalue weighted by atomic mass is 16.5. The van der Waals surface area contributed by atoms with Gasteiger partial charge < -0.3 is 29.2 Å². The van der Waals surface area contributed by atoms with E-state index in [9.17, 15) is 0 Å². The summed E-state index contributed by atoms with van der Waals surface area (Å²) >= 11 is 0. The minimum Gasteiger partial charge on any atom is -0.493 e. The van der Waals surface area contributed by atoms with E-state index in [1.807, 2.05) is 12.1 Å². The summed E-state index contributed by atoms with van der Waals surface area (Å²) in [5.41, 5.74) is 5.28. The predicted octanol–water partition coefficient (Wildman–Crippen LogP) is 4.99. The Kier molecular flexibility index (Phi) is 7.92. The van der Waals surface area contributed by atoms with Crippen molar-refractivity contribution in [2.24, 2.45) is 0 Å². The molecule has 0 saturated carbocycles. The summed E-state index contributed by atoms with van der Waals surface area (Å²) < 4.78 is 22.7. The van der Waals surface area contributed by atoms with Crippen molar-refractivity contribution in [1.82, 2.24) is 19.9 Å². The van der Waals surface area contributed by atoms with Gasteiger partial charge in [-0.1, -0.05) is 12.1 Å². The van der Waals surface area contributed by atoms with Crippen LogP contribution in [-0.4, -0.2) is 60.5 Å². The zero-order valence-corrected chi connectivity index (χ0v) is 23.0. The van der Waals surface area contributed by atoms with Crippen LogP contribution in [-0.2, 0) is 11.3 Å². The van der Waals surface area contributed by atoms with Gasteiger partial charge in [-0.2, -0.15) is 9.97 Å². The molecule has 39 heavy (non-hydrogen) atoms. The maximum absolute atomic E-state index is 6.00. The molecule has 0 bridgehead atoms. The molecule has 1 saturated heterocycles. The lowest BCUT2D eigenvalue weighted by atomic mass is 10.1. The third-order valence-corrected chi connectivity index (χ3v) is 6.80. The summed E-state index contributed by atoms with van der Waals surface area (Å²) in [5, 5.41) is 3.49. The minimum atomic E-state index is 0.0728. The van der Waals surface area contributed by atoms with Crippen LogP contribution in [0.15, 0.2) is 42.7 Å². The third-order valence-electron chi connectivity index (χ3n) is 6.80. The molecule has 0 unspecified atom stereocenters. The van der Waals surface area contributed by atoms with Crippen molar-refractivity contribution in [3.8, 4) is 17.2 Å². The van der Waals surface area contributed by atoms with Gasteiger partial charge in [0.2, 0.25) is 11.7 Å². The lowest BCUT2D eigenvalue weighted by Crippen LogP contribution is -2.33. The molecule has 10 heteroatoms. The number of hydrogen-bond acceptors (Lipinski definition) is 10. The first-order chi connectivity index (χ1) is 19.0. The summed E-state index contributed by atoms with van der Waals surface area (Å²) in [4.78, 5) is 21.0. The molecule has 10 nitrogen and oxygen atoms in total. The molecular formula is C29H34N6O4. The van der Waals surface area contributed by atoms with Crippen molar-refractivity contribution in [1.29, 1.82) is 0 Å². The van der Waals surface area contributed by atoms with Gasteiger partial charge in [0.15, 0.2) is 28.5 Å². The smallest absolute Gasteiger partial charge is 0.229 e. The van der Waals surface area contributed by atoms with E-state index in [-0.39, 0.29) is 6.10 Å². The van der Waals surface area contributed by atoms with Crippen LogP contribution in [0.2, 0.25) is 0 Å². The molecule has 1 fully saturated rings. The van der Waals surface area contributed by atoms with Gasteiger partial charge in [0.25, 0.3) is 0 Å². The average Bonchev–Trinajstić information content (AvgIpc) is 3.47. The van der Waals surface area contributed by atoms with Crippen LogP contribution in [0.1, 0.15) is 29.5 Å². The quantitative estimate of drug-likeness (QED) is 0.301. The van der Waals surface area contributed by atoms with E-state index in [0.717, 1.165) is 41.8 Å². The fourth-order valence-corrected chi connectivity index (χ4v) is 4.78. The number of nitrogens with one attached hydrogen (secondary N) is 1. The van der Waals surface area contributed by atoms with E-state index < -0.39 is 0 Å². The summed E-state index contributed by atoms with van der Waals surface area (Å²) in [6.45, 7) is 5.99. The molecule has 0 spiro atoms. The molecule has 4 aromatic rings. The van der Waals surface area contributed by atoms with Crippen molar-refractivity contribution in [3.63, 3.8) is 0 Å². The van der Waals surface area contributed by atoms with Gasteiger partial charge in [0, 0.05) is 37.8 Å². The number of fused-ring (bicyclic) bond motifs is 1. The highest BCUT2D eigenvalue weighted by molar-refractivity contribution is 5.86. The van der Waals surface area contributed by atoms with Gasteiger partial charge in [-0.15, -0.1) is 0 Å². The number of nitrogens with zero attached hydrogens (tertiary/aromatic N) is 5. The molecule has 204 valence electrons. The van der Waals surface area contributed by atoms with E-state index in [0.29, 0.717) is 53.3 Å². The Labute approximate surface area is 228 Å². The second-order valence-electron chi connectivity index (χ2n) is 9.59. The SMILES string of the molecule is COc1cc(CN(C[C@@H]2CCCO2)c2nc(Nc3cc(C)ccc3C)c3nccnc3n2)cc(OC)c1OC. The summed E-state index contributed by atoms with van der Waals surface area (Å²) in [5.74, 6) is 2.85. The number of anilines is 3. The highest BCUT2D eigenvalue weighted by Gasteiger charge is 2.24. The maximum Gasteiger partial charge on any atom is 0.229 e. The lowest BCUT2D eigenvalue weighted by Gasteiger charge is -2.27. The maximum atomic E-state index is 6.00. The Hall–Kier alpha value is -4.18. The topological polar surface area (TPSA) is 104 Å². The summed E-state index contributed by atoms with van der Waals surface area (Å²) in [7, 11) is 4.82. The first kappa shape index (κ1) is 26.4. The molecule has 1 atom stereocenters. The van der Waals surface area contributed by atoms with Gasteiger partial charge in [0.1, 0.15) is 0 Å². The van der Waals surface area contributed by atoms with Crippen LogP contribution in [0, 0.1) is 13.8 Å². The molecular weight excluding hydrogens is 496 g/mol. The number of hydrogen-bond donors (Lipinski definition) is 1. The zero-order chi connectivity index (χ0) is 27.4. The van der Waals surface area contributed by atoms with E-state index >= 15 is 0 Å². The van der Waals surface area contributed by atoms with Crippen LogP contribution in [0.4, 0.5) is 17.5 Å². The van der Waals surface area contributed by atoms with Crippen molar-refractivity contribution in [3.05, 3.63) is 59.4 Å². The van der Waals surface area contributed by atoms with Crippen molar-refractivity contribution >= 4 is 28.6 Å². The van der Waals surface area contributed by atoms with Crippen LogP contribution in [0.3, 0.4) is 0 Å². The minimum absolute atomic E-state index is 0.0728. The molecule has 0 aliphatic carbocycles. The Morgan fingerprint density at radius 3 is 2.44 bits per heavy atom. The zero-order valence-electron chi connectivity index (χ0n) is 23.0. The number of aryl methyl sites for hydroxylation is 2. The molecule has 1 aliphatic heterocycles. The van der Waals surface area contributed by atoms with Crippen LogP contribution < -0.4 is 24.4 Å². The van der Waals surface area contributed by atoms with Crippen LogP contribution in [0.5, 0.6) is 17.2 Å². The molecule has 1 N–H and O–H groups in total. The van der Waals surface area contributed by atoms with Crippen molar-refractivity contribution < 1.29 is 18.9 Å². The lowest BCUT2D eigenvalue weighted by molar-refractivity contribution is 0.115. The predicted molar refractivity (Wildman–Crippen MR) is 150 cm³/mol. The Morgan fingerprint density at radius 2 is 1.74 bits per heavy atom. The molecule has 5 rings (SSSR count). The summed E-state index contributed by atoms with van der Waals surface area (Å²) in [6, 6.07) is 10.2. The Morgan fingerprint density at radius 1 is 0.974 bits per heavy atom. The second kappa shape index (κ2) is 11.7. The first-order valence-electron chi connectivity index (χ1n) is 13.0. The second-order valence-corrected chi connectivity index (χ2v) is 9.59. The Bertz CT molecular complexity index is 1430. The molecule has 2 aromatic heterocycles. The van der Waals surface area contributed by atoms with Crippen LogP contribution in [0.25, 0.3) is 11.2 Å². The van der Waals surface area contributed by atoms with Crippen molar-refractivity contribution in [2.45, 2.75) is 39.3 Å². The molecule has 1 aliphatic rings. The molecule has 2 aromatic carbocycles. The van der Waals surface area contributed by atoms with Gasteiger partial charge in [-0.05, 0) is 61.6 Å². The monoisotopic (exact) mass is 530 g/mol.